The number of nitrogens with one attached hydrogen (secondary N) is 1. The highest BCUT2D eigenvalue weighted by Crippen LogP contribution is 2.37. The number of hydrogen-bond acceptors (Lipinski definition) is 2. The van der Waals surface area contributed by atoms with Crippen molar-refractivity contribution in [2.24, 2.45) is 5.41 Å². The van der Waals surface area contributed by atoms with Gasteiger partial charge in [0.1, 0.15) is 0 Å². The summed E-state index contributed by atoms with van der Waals surface area (Å²) in [6.45, 7) is 11.4. The Morgan fingerprint density at radius 1 is 1.17 bits per heavy atom. The van der Waals surface area contributed by atoms with Gasteiger partial charge in [-0.15, -0.1) is 0 Å². The molecule has 2 heteroatoms. The molecule has 1 atom stereocenters. The first-order valence-corrected chi connectivity index (χ1v) is 7.98. The van der Waals surface area contributed by atoms with Crippen LogP contribution in [0.3, 0.4) is 0 Å². The summed E-state index contributed by atoms with van der Waals surface area (Å²) >= 11 is 2.08. The van der Waals surface area contributed by atoms with Gasteiger partial charge in [0, 0.05) is 17.5 Å². The maximum Gasteiger partial charge on any atom is 0.0403 e. The molecule has 0 aromatic heterocycles. The third-order valence-electron chi connectivity index (χ3n) is 4.11. The van der Waals surface area contributed by atoms with Crippen LogP contribution in [0.1, 0.15) is 37.0 Å². The van der Waals surface area contributed by atoms with E-state index in [9.17, 15) is 0 Å². The van der Waals surface area contributed by atoms with Crippen LogP contribution >= 0.6 is 11.8 Å². The lowest BCUT2D eigenvalue weighted by Crippen LogP contribution is -2.42. The number of hydrogen-bond donors (Lipinski definition) is 1. The molecule has 1 unspecified atom stereocenters. The van der Waals surface area contributed by atoms with Crippen molar-refractivity contribution >= 4 is 17.4 Å². The Morgan fingerprint density at radius 2 is 1.78 bits per heavy atom. The molecule has 1 aliphatic rings. The largest absolute Gasteiger partial charge is 0.381 e. The van der Waals surface area contributed by atoms with Crippen molar-refractivity contribution in [2.75, 3.05) is 16.8 Å². The van der Waals surface area contributed by atoms with Crippen LogP contribution in [0, 0.1) is 26.2 Å². The summed E-state index contributed by atoms with van der Waals surface area (Å²) < 4.78 is 0. The molecule has 100 valence electrons. The highest BCUT2D eigenvalue weighted by Gasteiger charge is 2.32. The van der Waals surface area contributed by atoms with E-state index in [4.69, 9.17) is 0 Å². The minimum absolute atomic E-state index is 0.398. The standard InChI is InChI=1S/C16H25NS/c1-11-8-12(2)15(13(3)9-11)17-14-10-18-7-6-16(14,4)5/h8-9,14,17H,6-7,10H2,1-5H3. The van der Waals surface area contributed by atoms with Crippen LogP contribution in [0.2, 0.25) is 0 Å². The molecule has 0 amide bonds. The first kappa shape index (κ1) is 13.8. The van der Waals surface area contributed by atoms with Gasteiger partial charge in [-0.1, -0.05) is 31.5 Å². The van der Waals surface area contributed by atoms with Crippen molar-refractivity contribution in [2.45, 2.75) is 47.1 Å². The van der Waals surface area contributed by atoms with Gasteiger partial charge in [0.05, 0.1) is 0 Å². The van der Waals surface area contributed by atoms with E-state index in [1.807, 2.05) is 0 Å². The fourth-order valence-electron chi connectivity index (χ4n) is 2.76. The predicted octanol–water partition coefficient (Wildman–Crippen LogP) is 4.56. The fraction of sp³-hybridized carbons (Fsp3) is 0.625. The van der Waals surface area contributed by atoms with Gasteiger partial charge in [-0.2, -0.15) is 11.8 Å². The van der Waals surface area contributed by atoms with Gasteiger partial charge in [0.2, 0.25) is 0 Å². The third kappa shape index (κ3) is 2.85. The second-order valence-corrected chi connectivity index (χ2v) is 7.43. The number of aryl methyl sites for hydroxylation is 3. The van der Waals surface area contributed by atoms with E-state index in [2.05, 4.69) is 63.8 Å². The van der Waals surface area contributed by atoms with Crippen molar-refractivity contribution in [3.8, 4) is 0 Å². The predicted molar refractivity (Wildman–Crippen MR) is 83.8 cm³/mol. The summed E-state index contributed by atoms with van der Waals surface area (Å²) in [5, 5.41) is 3.81. The van der Waals surface area contributed by atoms with E-state index >= 15 is 0 Å². The average Bonchev–Trinajstić information content (AvgIpc) is 2.24. The summed E-state index contributed by atoms with van der Waals surface area (Å²) in [7, 11) is 0. The minimum atomic E-state index is 0.398. The molecule has 0 aliphatic carbocycles. The van der Waals surface area contributed by atoms with Gasteiger partial charge in [-0.25, -0.2) is 0 Å². The first-order chi connectivity index (χ1) is 8.40. The Morgan fingerprint density at radius 3 is 2.33 bits per heavy atom. The molecule has 1 aromatic rings. The molecule has 1 saturated heterocycles. The molecular weight excluding hydrogens is 238 g/mol. The van der Waals surface area contributed by atoms with Crippen LogP contribution in [0.5, 0.6) is 0 Å². The second kappa shape index (κ2) is 5.16. The zero-order valence-corrected chi connectivity index (χ0v) is 13.1. The van der Waals surface area contributed by atoms with E-state index in [1.165, 1.54) is 40.3 Å². The van der Waals surface area contributed by atoms with Crippen molar-refractivity contribution in [3.05, 3.63) is 28.8 Å². The van der Waals surface area contributed by atoms with Gasteiger partial charge in [-0.05, 0) is 49.5 Å². The molecule has 0 radical (unpaired) electrons. The highest BCUT2D eigenvalue weighted by atomic mass is 32.2. The molecular formula is C16H25NS. The fourth-order valence-corrected chi connectivity index (χ4v) is 4.36. The van der Waals surface area contributed by atoms with E-state index in [0.29, 0.717) is 11.5 Å². The van der Waals surface area contributed by atoms with Crippen molar-refractivity contribution in [1.29, 1.82) is 0 Å². The Balaban J connectivity index is 2.23. The first-order valence-electron chi connectivity index (χ1n) is 6.82. The number of thioether (sulfide) groups is 1. The topological polar surface area (TPSA) is 12.0 Å². The smallest absolute Gasteiger partial charge is 0.0403 e. The molecule has 0 bridgehead atoms. The van der Waals surface area contributed by atoms with Crippen LogP contribution in [-0.4, -0.2) is 17.5 Å². The van der Waals surface area contributed by atoms with Gasteiger partial charge >= 0.3 is 0 Å². The summed E-state index contributed by atoms with van der Waals surface area (Å²) in [6.07, 6.45) is 1.30. The molecule has 18 heavy (non-hydrogen) atoms. The van der Waals surface area contributed by atoms with Crippen LogP contribution in [0.15, 0.2) is 12.1 Å². The Hall–Kier alpha value is -0.630. The second-order valence-electron chi connectivity index (χ2n) is 6.28. The van der Waals surface area contributed by atoms with Gasteiger partial charge < -0.3 is 5.32 Å². The quantitative estimate of drug-likeness (QED) is 0.839. The van der Waals surface area contributed by atoms with E-state index in [1.54, 1.807) is 0 Å². The lowest BCUT2D eigenvalue weighted by molar-refractivity contribution is 0.305. The summed E-state index contributed by atoms with van der Waals surface area (Å²) in [5.74, 6) is 2.52. The zero-order valence-electron chi connectivity index (χ0n) is 12.3. The Bertz CT molecular complexity index is 414. The number of anilines is 1. The van der Waals surface area contributed by atoms with E-state index in [-0.39, 0.29) is 0 Å². The SMILES string of the molecule is Cc1cc(C)c(NC2CSCCC2(C)C)c(C)c1. The molecule has 1 nitrogen and oxygen atoms in total. The molecule has 2 rings (SSSR count). The van der Waals surface area contributed by atoms with Crippen LogP contribution < -0.4 is 5.32 Å². The monoisotopic (exact) mass is 263 g/mol. The Kier molecular flexibility index (Phi) is 3.96. The van der Waals surface area contributed by atoms with E-state index < -0.39 is 0 Å². The number of rotatable bonds is 2. The maximum atomic E-state index is 3.81. The lowest BCUT2D eigenvalue weighted by Gasteiger charge is -2.40. The molecule has 0 saturated carbocycles. The minimum Gasteiger partial charge on any atom is -0.381 e. The third-order valence-corrected chi connectivity index (χ3v) is 5.18. The molecule has 1 aromatic carbocycles. The zero-order chi connectivity index (χ0) is 13.3. The van der Waals surface area contributed by atoms with Crippen LogP contribution in [-0.2, 0) is 0 Å². The molecule has 1 fully saturated rings. The molecule has 1 N–H and O–H groups in total. The van der Waals surface area contributed by atoms with Crippen molar-refractivity contribution in [3.63, 3.8) is 0 Å². The normalized spacial score (nSPS) is 22.8. The molecule has 0 spiro atoms. The number of benzene rings is 1. The summed E-state index contributed by atoms with van der Waals surface area (Å²) in [5.41, 5.74) is 5.85. The van der Waals surface area contributed by atoms with Gasteiger partial charge in [-0.3, -0.25) is 0 Å². The van der Waals surface area contributed by atoms with Crippen LogP contribution in [0.25, 0.3) is 0 Å². The summed E-state index contributed by atoms with van der Waals surface area (Å²) in [4.78, 5) is 0. The highest BCUT2D eigenvalue weighted by molar-refractivity contribution is 7.99. The Labute approximate surface area is 116 Å². The van der Waals surface area contributed by atoms with Gasteiger partial charge in [0.15, 0.2) is 0 Å². The lowest BCUT2D eigenvalue weighted by atomic mass is 9.82. The van der Waals surface area contributed by atoms with Crippen LogP contribution in [0.4, 0.5) is 5.69 Å². The van der Waals surface area contributed by atoms with Crippen molar-refractivity contribution < 1.29 is 0 Å². The van der Waals surface area contributed by atoms with Gasteiger partial charge in [0.25, 0.3) is 0 Å². The van der Waals surface area contributed by atoms with E-state index in [0.717, 1.165) is 0 Å². The molecule has 1 aliphatic heterocycles. The molecule has 1 heterocycles. The average molecular weight is 263 g/mol. The maximum absolute atomic E-state index is 3.81. The van der Waals surface area contributed by atoms with Crippen molar-refractivity contribution in [1.82, 2.24) is 0 Å². The summed E-state index contributed by atoms with van der Waals surface area (Å²) in [6, 6.07) is 5.13.